The number of rotatable bonds is 5. The van der Waals surface area contributed by atoms with Crippen molar-refractivity contribution in [3.63, 3.8) is 0 Å². The van der Waals surface area contributed by atoms with Gasteiger partial charge in [0.25, 0.3) is 0 Å². The molecule has 3 heteroatoms. The molecule has 0 bridgehead atoms. The third kappa shape index (κ3) is 4.12. The Bertz CT molecular complexity index is 664. The van der Waals surface area contributed by atoms with Crippen molar-refractivity contribution in [1.29, 1.82) is 5.26 Å². The summed E-state index contributed by atoms with van der Waals surface area (Å²) in [5.41, 5.74) is 4.66. The molecule has 3 nitrogen and oxygen atoms in total. The van der Waals surface area contributed by atoms with Crippen LogP contribution in [0.3, 0.4) is 0 Å². The number of nitrogens with one attached hydrogen (secondary N) is 1. The third-order valence-electron chi connectivity index (χ3n) is 4.42. The first-order valence-corrected chi connectivity index (χ1v) is 8.39. The predicted molar refractivity (Wildman–Crippen MR) is 94.2 cm³/mol. The van der Waals surface area contributed by atoms with Crippen molar-refractivity contribution in [3.8, 4) is 6.07 Å². The molecular weight excluding hydrogens is 282 g/mol. The summed E-state index contributed by atoms with van der Waals surface area (Å²) in [5, 5.41) is 12.4. The van der Waals surface area contributed by atoms with Crippen LogP contribution in [0.15, 0.2) is 48.5 Å². The van der Waals surface area contributed by atoms with Gasteiger partial charge >= 0.3 is 0 Å². The second-order valence-corrected chi connectivity index (χ2v) is 6.09. The summed E-state index contributed by atoms with van der Waals surface area (Å²) in [7, 11) is 0. The predicted octanol–water partition coefficient (Wildman–Crippen LogP) is 3.84. The van der Waals surface area contributed by atoms with Gasteiger partial charge in [-0.15, -0.1) is 0 Å². The maximum atomic E-state index is 8.84. The van der Waals surface area contributed by atoms with E-state index in [4.69, 9.17) is 5.26 Å². The van der Waals surface area contributed by atoms with E-state index in [1.165, 1.54) is 49.2 Å². The Kier molecular flexibility index (Phi) is 5.29. The number of benzene rings is 2. The first-order valence-electron chi connectivity index (χ1n) is 8.39. The Morgan fingerprint density at radius 3 is 2.39 bits per heavy atom. The maximum Gasteiger partial charge on any atom is 0.0991 e. The molecule has 0 saturated carbocycles. The molecular formula is C20H23N3. The minimum atomic E-state index is 0.712. The van der Waals surface area contributed by atoms with Crippen molar-refractivity contribution in [2.45, 2.75) is 32.4 Å². The van der Waals surface area contributed by atoms with Crippen LogP contribution in [0.2, 0.25) is 0 Å². The molecule has 0 spiro atoms. The molecule has 1 N–H and O–H groups in total. The van der Waals surface area contributed by atoms with E-state index in [1.807, 2.05) is 24.3 Å². The lowest BCUT2D eigenvalue weighted by molar-refractivity contribution is 0.574. The van der Waals surface area contributed by atoms with Crippen molar-refractivity contribution in [2.75, 3.05) is 18.0 Å². The number of para-hydroxylation sites is 1. The molecule has 0 amide bonds. The molecule has 3 rings (SSSR count). The largest absolute Gasteiger partial charge is 0.371 e. The van der Waals surface area contributed by atoms with E-state index in [1.54, 1.807) is 0 Å². The van der Waals surface area contributed by atoms with Gasteiger partial charge in [-0.05, 0) is 48.6 Å². The van der Waals surface area contributed by atoms with E-state index in [9.17, 15) is 0 Å². The van der Waals surface area contributed by atoms with Gasteiger partial charge in [-0.2, -0.15) is 5.26 Å². The van der Waals surface area contributed by atoms with Gasteiger partial charge in [0.2, 0.25) is 0 Å². The second-order valence-electron chi connectivity index (χ2n) is 6.09. The first-order chi connectivity index (χ1) is 11.4. The van der Waals surface area contributed by atoms with Gasteiger partial charge in [0.15, 0.2) is 0 Å². The molecule has 118 valence electrons. The summed E-state index contributed by atoms with van der Waals surface area (Å²) in [6, 6.07) is 18.6. The van der Waals surface area contributed by atoms with Gasteiger partial charge in [-0.25, -0.2) is 0 Å². The van der Waals surface area contributed by atoms with Crippen LogP contribution in [0.1, 0.15) is 36.0 Å². The van der Waals surface area contributed by atoms with Crippen LogP contribution in [-0.4, -0.2) is 13.1 Å². The molecule has 1 fully saturated rings. The highest BCUT2D eigenvalue weighted by molar-refractivity contribution is 5.53. The van der Waals surface area contributed by atoms with Crippen molar-refractivity contribution in [3.05, 3.63) is 65.2 Å². The highest BCUT2D eigenvalue weighted by atomic mass is 15.1. The molecule has 23 heavy (non-hydrogen) atoms. The zero-order chi connectivity index (χ0) is 15.9. The molecule has 1 saturated heterocycles. The van der Waals surface area contributed by atoms with Gasteiger partial charge in [-0.3, -0.25) is 0 Å². The Labute approximate surface area is 138 Å². The quantitative estimate of drug-likeness (QED) is 0.912. The monoisotopic (exact) mass is 305 g/mol. The van der Waals surface area contributed by atoms with Crippen LogP contribution in [0.4, 0.5) is 5.69 Å². The maximum absolute atomic E-state index is 8.84. The van der Waals surface area contributed by atoms with Crippen LogP contribution in [0, 0.1) is 11.3 Å². The Morgan fingerprint density at radius 2 is 1.65 bits per heavy atom. The molecule has 1 aliphatic heterocycles. The summed E-state index contributed by atoms with van der Waals surface area (Å²) >= 11 is 0. The standard InChI is InChI=1S/C20H23N3/c21-14-17-8-10-18(11-9-17)15-22-16-19-6-2-3-7-20(19)23-12-4-1-5-13-23/h2-3,6-11,22H,1,4-5,12-13,15-16H2. The second kappa shape index (κ2) is 7.80. The average molecular weight is 305 g/mol. The Balaban J connectivity index is 1.60. The van der Waals surface area contributed by atoms with Crippen molar-refractivity contribution >= 4 is 5.69 Å². The first kappa shape index (κ1) is 15.6. The zero-order valence-corrected chi connectivity index (χ0v) is 13.5. The van der Waals surface area contributed by atoms with Crippen LogP contribution < -0.4 is 10.2 Å². The van der Waals surface area contributed by atoms with Crippen LogP contribution in [0.25, 0.3) is 0 Å². The molecule has 2 aromatic carbocycles. The highest BCUT2D eigenvalue weighted by Crippen LogP contribution is 2.24. The van der Waals surface area contributed by atoms with Crippen LogP contribution in [-0.2, 0) is 13.1 Å². The smallest absolute Gasteiger partial charge is 0.0991 e. The Hall–Kier alpha value is -2.31. The van der Waals surface area contributed by atoms with Gasteiger partial charge in [0.1, 0.15) is 0 Å². The summed E-state index contributed by atoms with van der Waals surface area (Å²) in [4.78, 5) is 2.52. The van der Waals surface area contributed by atoms with E-state index >= 15 is 0 Å². The van der Waals surface area contributed by atoms with E-state index < -0.39 is 0 Å². The van der Waals surface area contributed by atoms with E-state index in [2.05, 4.69) is 40.6 Å². The summed E-state index contributed by atoms with van der Waals surface area (Å²) in [6.45, 7) is 4.03. The molecule has 0 atom stereocenters. The molecule has 0 aliphatic carbocycles. The fraction of sp³-hybridized carbons (Fsp3) is 0.350. The lowest BCUT2D eigenvalue weighted by Gasteiger charge is -2.30. The van der Waals surface area contributed by atoms with Gasteiger partial charge in [0, 0.05) is 31.9 Å². The number of nitrogens with zero attached hydrogens (tertiary/aromatic N) is 2. The Morgan fingerprint density at radius 1 is 0.913 bits per heavy atom. The molecule has 1 aliphatic rings. The number of piperidine rings is 1. The number of anilines is 1. The molecule has 0 aromatic heterocycles. The fourth-order valence-corrected chi connectivity index (χ4v) is 3.14. The van der Waals surface area contributed by atoms with Crippen LogP contribution in [0.5, 0.6) is 0 Å². The molecule has 2 aromatic rings. The third-order valence-corrected chi connectivity index (χ3v) is 4.42. The summed E-state index contributed by atoms with van der Waals surface area (Å²) in [5.74, 6) is 0. The van der Waals surface area contributed by atoms with Crippen molar-refractivity contribution in [2.24, 2.45) is 0 Å². The number of hydrogen-bond donors (Lipinski definition) is 1. The highest BCUT2D eigenvalue weighted by Gasteiger charge is 2.13. The topological polar surface area (TPSA) is 39.1 Å². The number of hydrogen-bond acceptors (Lipinski definition) is 3. The minimum absolute atomic E-state index is 0.712. The average Bonchev–Trinajstić information content (AvgIpc) is 2.63. The minimum Gasteiger partial charge on any atom is -0.371 e. The van der Waals surface area contributed by atoms with E-state index in [0.717, 1.165) is 13.1 Å². The molecule has 1 heterocycles. The fourth-order valence-electron chi connectivity index (χ4n) is 3.14. The molecule has 0 unspecified atom stereocenters. The lowest BCUT2D eigenvalue weighted by Crippen LogP contribution is -2.30. The summed E-state index contributed by atoms with van der Waals surface area (Å²) in [6.07, 6.45) is 3.95. The summed E-state index contributed by atoms with van der Waals surface area (Å²) < 4.78 is 0. The molecule has 0 radical (unpaired) electrons. The van der Waals surface area contributed by atoms with Crippen LogP contribution >= 0.6 is 0 Å². The van der Waals surface area contributed by atoms with Gasteiger partial charge in [-0.1, -0.05) is 30.3 Å². The van der Waals surface area contributed by atoms with Crippen molar-refractivity contribution in [1.82, 2.24) is 5.32 Å². The zero-order valence-electron chi connectivity index (χ0n) is 13.5. The normalized spacial score (nSPS) is 14.5. The van der Waals surface area contributed by atoms with Gasteiger partial charge in [0.05, 0.1) is 11.6 Å². The van der Waals surface area contributed by atoms with Crippen molar-refractivity contribution < 1.29 is 0 Å². The van der Waals surface area contributed by atoms with Gasteiger partial charge < -0.3 is 10.2 Å². The number of nitriles is 1. The SMILES string of the molecule is N#Cc1ccc(CNCc2ccccc2N2CCCCC2)cc1. The van der Waals surface area contributed by atoms with E-state index in [0.29, 0.717) is 5.56 Å². The van der Waals surface area contributed by atoms with E-state index in [-0.39, 0.29) is 0 Å². The lowest BCUT2D eigenvalue weighted by atomic mass is 10.1.